The van der Waals surface area contributed by atoms with Gasteiger partial charge in [-0.1, -0.05) is 62.2 Å². The SMILES string of the molecule is CCc1ccc(-c2ccc(Cl)c(F)c2Cl)cc1C1C(=O)CCC(C)(C)C1=O. The molecule has 1 unspecified atom stereocenters. The van der Waals surface area contributed by atoms with Crippen LogP contribution in [-0.4, -0.2) is 11.6 Å². The first-order chi connectivity index (χ1) is 12.7. The van der Waals surface area contributed by atoms with Crippen LogP contribution in [0, 0.1) is 11.2 Å². The lowest BCUT2D eigenvalue weighted by molar-refractivity contribution is -0.139. The predicted octanol–water partition coefficient (Wildman–Crippen LogP) is 6.40. The number of halogens is 3. The molecule has 2 aromatic carbocycles. The van der Waals surface area contributed by atoms with Crippen molar-refractivity contribution in [3.63, 3.8) is 0 Å². The van der Waals surface area contributed by atoms with Crippen LogP contribution >= 0.6 is 23.2 Å². The van der Waals surface area contributed by atoms with E-state index >= 15 is 0 Å². The summed E-state index contributed by atoms with van der Waals surface area (Å²) >= 11 is 11.9. The molecule has 2 nitrogen and oxygen atoms in total. The molecule has 0 saturated heterocycles. The Morgan fingerprint density at radius 2 is 1.85 bits per heavy atom. The summed E-state index contributed by atoms with van der Waals surface area (Å²) in [6, 6.07) is 8.61. The molecule has 1 fully saturated rings. The third-order valence-electron chi connectivity index (χ3n) is 5.43. The van der Waals surface area contributed by atoms with Gasteiger partial charge in [-0.05, 0) is 41.7 Å². The maximum Gasteiger partial charge on any atom is 0.160 e. The van der Waals surface area contributed by atoms with Gasteiger partial charge in [-0.3, -0.25) is 9.59 Å². The zero-order valence-corrected chi connectivity index (χ0v) is 17.0. The first kappa shape index (κ1) is 20.0. The van der Waals surface area contributed by atoms with Crippen LogP contribution in [0.15, 0.2) is 30.3 Å². The van der Waals surface area contributed by atoms with Crippen molar-refractivity contribution in [1.29, 1.82) is 0 Å². The van der Waals surface area contributed by atoms with Gasteiger partial charge in [0.05, 0.1) is 10.0 Å². The van der Waals surface area contributed by atoms with Gasteiger partial charge in [0.25, 0.3) is 0 Å². The average Bonchev–Trinajstić information content (AvgIpc) is 2.64. The van der Waals surface area contributed by atoms with Crippen LogP contribution in [0.3, 0.4) is 0 Å². The van der Waals surface area contributed by atoms with Gasteiger partial charge in [-0.2, -0.15) is 0 Å². The second-order valence-electron chi connectivity index (χ2n) is 7.64. The van der Waals surface area contributed by atoms with E-state index in [2.05, 4.69) is 0 Å². The summed E-state index contributed by atoms with van der Waals surface area (Å²) in [7, 11) is 0. The van der Waals surface area contributed by atoms with Gasteiger partial charge in [-0.25, -0.2) is 4.39 Å². The number of Topliss-reactive ketones (excluding diaryl/α,β-unsaturated/α-hetero) is 2. The highest BCUT2D eigenvalue weighted by atomic mass is 35.5. The minimum absolute atomic E-state index is 0.0477. The van der Waals surface area contributed by atoms with Crippen LogP contribution in [0.2, 0.25) is 10.0 Å². The molecule has 0 bridgehead atoms. The predicted molar refractivity (Wildman–Crippen MR) is 107 cm³/mol. The Labute approximate surface area is 168 Å². The molecule has 2 aromatic rings. The summed E-state index contributed by atoms with van der Waals surface area (Å²) in [6.07, 6.45) is 1.64. The molecule has 0 heterocycles. The molecule has 0 amide bonds. The summed E-state index contributed by atoms with van der Waals surface area (Å²) in [5, 5.41) is -0.118. The fourth-order valence-electron chi connectivity index (χ4n) is 3.66. The van der Waals surface area contributed by atoms with Crippen molar-refractivity contribution < 1.29 is 14.0 Å². The summed E-state index contributed by atoms with van der Waals surface area (Å²) in [6.45, 7) is 5.75. The van der Waals surface area contributed by atoms with Crippen LogP contribution in [0.5, 0.6) is 0 Å². The Bertz CT molecular complexity index is 934. The van der Waals surface area contributed by atoms with Gasteiger partial charge in [0.2, 0.25) is 0 Å². The fourth-order valence-corrected chi connectivity index (χ4v) is 4.14. The molecule has 0 radical (unpaired) electrons. The highest BCUT2D eigenvalue weighted by Crippen LogP contribution is 2.41. The summed E-state index contributed by atoms with van der Waals surface area (Å²) in [5.41, 5.74) is 2.24. The van der Waals surface area contributed by atoms with Gasteiger partial charge >= 0.3 is 0 Å². The van der Waals surface area contributed by atoms with Gasteiger partial charge in [0.15, 0.2) is 11.6 Å². The highest BCUT2D eigenvalue weighted by Gasteiger charge is 2.43. The summed E-state index contributed by atoms with van der Waals surface area (Å²) < 4.78 is 14.1. The molecule has 3 rings (SSSR count). The number of carbonyl (C=O) groups excluding carboxylic acids is 2. The number of rotatable bonds is 3. The third-order valence-corrected chi connectivity index (χ3v) is 6.09. The minimum atomic E-state index is -0.778. The molecular weight excluding hydrogens is 386 g/mol. The molecule has 1 aliphatic carbocycles. The smallest absolute Gasteiger partial charge is 0.160 e. The van der Waals surface area contributed by atoms with Crippen molar-refractivity contribution in [3.8, 4) is 11.1 Å². The van der Waals surface area contributed by atoms with Crippen LogP contribution in [0.4, 0.5) is 4.39 Å². The second kappa shape index (κ2) is 7.37. The molecule has 27 heavy (non-hydrogen) atoms. The lowest BCUT2D eigenvalue weighted by Gasteiger charge is -2.33. The lowest BCUT2D eigenvalue weighted by Crippen LogP contribution is -2.39. The standard InChI is InChI=1S/C22H21Cl2FO2/c1-4-12-5-6-13(14-7-8-16(23)20(25)19(14)24)11-15(12)18-17(26)9-10-22(2,3)21(18)27/h5-8,11,18H,4,9-10H2,1-3H3. The Hall–Kier alpha value is -1.71. The third kappa shape index (κ3) is 3.55. The first-order valence-corrected chi connectivity index (χ1v) is 9.76. The van der Waals surface area contributed by atoms with E-state index in [1.807, 2.05) is 32.9 Å². The van der Waals surface area contributed by atoms with Crippen LogP contribution in [-0.2, 0) is 16.0 Å². The topological polar surface area (TPSA) is 34.1 Å². The van der Waals surface area contributed by atoms with Gasteiger partial charge in [0, 0.05) is 17.4 Å². The van der Waals surface area contributed by atoms with Gasteiger partial charge in [0.1, 0.15) is 11.7 Å². The van der Waals surface area contributed by atoms with Crippen molar-refractivity contribution in [2.45, 2.75) is 46.0 Å². The molecule has 142 valence electrons. The minimum Gasteiger partial charge on any atom is -0.299 e. The molecule has 5 heteroatoms. The second-order valence-corrected chi connectivity index (χ2v) is 8.42. The number of hydrogen-bond donors (Lipinski definition) is 0. The first-order valence-electron chi connectivity index (χ1n) is 9.01. The summed E-state index contributed by atoms with van der Waals surface area (Å²) in [5.74, 6) is -1.57. The Morgan fingerprint density at radius 1 is 1.15 bits per heavy atom. The molecule has 1 aliphatic rings. The van der Waals surface area contributed by atoms with Crippen molar-refractivity contribution in [2.75, 3.05) is 0 Å². The fraction of sp³-hybridized carbons (Fsp3) is 0.364. The van der Waals surface area contributed by atoms with E-state index in [1.54, 1.807) is 12.1 Å². The van der Waals surface area contributed by atoms with Crippen molar-refractivity contribution in [2.24, 2.45) is 5.41 Å². The Balaban J connectivity index is 2.17. The number of hydrogen-bond acceptors (Lipinski definition) is 2. The largest absolute Gasteiger partial charge is 0.299 e. The van der Waals surface area contributed by atoms with Crippen LogP contribution in [0.1, 0.15) is 50.7 Å². The van der Waals surface area contributed by atoms with E-state index < -0.39 is 17.2 Å². The Morgan fingerprint density at radius 3 is 2.52 bits per heavy atom. The molecule has 1 saturated carbocycles. The maximum atomic E-state index is 14.1. The van der Waals surface area contributed by atoms with E-state index in [4.69, 9.17) is 23.2 Å². The molecular formula is C22H21Cl2FO2. The number of aryl methyl sites for hydroxylation is 1. The monoisotopic (exact) mass is 406 g/mol. The van der Waals surface area contributed by atoms with E-state index in [1.165, 1.54) is 6.07 Å². The summed E-state index contributed by atoms with van der Waals surface area (Å²) in [4.78, 5) is 25.7. The van der Waals surface area contributed by atoms with Gasteiger partial charge < -0.3 is 0 Å². The van der Waals surface area contributed by atoms with E-state index in [-0.39, 0.29) is 21.6 Å². The molecule has 0 spiro atoms. The number of carbonyl (C=O) groups is 2. The van der Waals surface area contributed by atoms with Crippen LogP contribution in [0.25, 0.3) is 11.1 Å². The lowest BCUT2D eigenvalue weighted by atomic mass is 9.67. The van der Waals surface area contributed by atoms with Crippen molar-refractivity contribution in [3.05, 3.63) is 57.3 Å². The van der Waals surface area contributed by atoms with Crippen molar-refractivity contribution >= 4 is 34.8 Å². The maximum absolute atomic E-state index is 14.1. The van der Waals surface area contributed by atoms with E-state index in [0.29, 0.717) is 36.0 Å². The van der Waals surface area contributed by atoms with Crippen molar-refractivity contribution in [1.82, 2.24) is 0 Å². The normalized spacial score (nSPS) is 19.4. The number of ketones is 2. The van der Waals surface area contributed by atoms with Gasteiger partial charge in [-0.15, -0.1) is 0 Å². The van der Waals surface area contributed by atoms with E-state index in [0.717, 1.165) is 5.56 Å². The zero-order valence-electron chi connectivity index (χ0n) is 15.5. The van der Waals surface area contributed by atoms with Crippen LogP contribution < -0.4 is 0 Å². The Kier molecular flexibility index (Phi) is 5.47. The quantitative estimate of drug-likeness (QED) is 0.436. The molecule has 0 aromatic heterocycles. The molecule has 0 N–H and O–H groups in total. The molecule has 1 atom stereocenters. The highest BCUT2D eigenvalue weighted by molar-refractivity contribution is 6.36. The zero-order chi connectivity index (χ0) is 19.9. The number of benzene rings is 2. The van der Waals surface area contributed by atoms with E-state index in [9.17, 15) is 14.0 Å². The average molecular weight is 407 g/mol. The molecule has 0 aliphatic heterocycles.